The first-order valence-electron chi connectivity index (χ1n) is 5.44. The van der Waals surface area contributed by atoms with E-state index in [1.54, 1.807) is 7.11 Å². The van der Waals surface area contributed by atoms with Gasteiger partial charge in [-0.25, -0.2) is 0 Å². The number of carbonyl (C=O) groups excluding carboxylic acids is 1. The van der Waals surface area contributed by atoms with E-state index in [2.05, 4.69) is 17.5 Å². The van der Waals surface area contributed by atoms with Gasteiger partial charge in [-0.1, -0.05) is 12.2 Å². The van der Waals surface area contributed by atoms with Crippen molar-refractivity contribution < 1.29 is 9.53 Å². The van der Waals surface area contributed by atoms with Crippen LogP contribution < -0.4 is 11.1 Å². The number of hydrogen-bond acceptors (Lipinski definition) is 3. The summed E-state index contributed by atoms with van der Waals surface area (Å²) in [6, 6.07) is -0.188. The lowest BCUT2D eigenvalue weighted by atomic mass is 10.0. The van der Waals surface area contributed by atoms with E-state index in [1.165, 1.54) is 0 Å². The number of rotatable bonds is 5. The molecule has 15 heavy (non-hydrogen) atoms. The molecular weight excluding hydrogens is 192 g/mol. The van der Waals surface area contributed by atoms with Crippen molar-refractivity contribution in [1.82, 2.24) is 5.32 Å². The Balaban J connectivity index is 2.24. The van der Waals surface area contributed by atoms with E-state index in [0.717, 1.165) is 19.3 Å². The Morgan fingerprint density at radius 1 is 1.67 bits per heavy atom. The minimum absolute atomic E-state index is 0.0626. The highest BCUT2D eigenvalue weighted by Gasteiger charge is 2.17. The molecule has 0 saturated heterocycles. The van der Waals surface area contributed by atoms with Crippen molar-refractivity contribution in [3.63, 3.8) is 0 Å². The molecule has 1 rings (SSSR count). The largest absolute Gasteiger partial charge is 0.385 e. The van der Waals surface area contributed by atoms with Gasteiger partial charge in [-0.3, -0.25) is 4.79 Å². The van der Waals surface area contributed by atoms with E-state index in [0.29, 0.717) is 13.0 Å². The topological polar surface area (TPSA) is 64.3 Å². The van der Waals surface area contributed by atoms with Gasteiger partial charge in [0.05, 0.1) is 6.04 Å². The van der Waals surface area contributed by atoms with Gasteiger partial charge in [0.15, 0.2) is 0 Å². The van der Waals surface area contributed by atoms with Crippen molar-refractivity contribution in [2.75, 3.05) is 13.7 Å². The van der Waals surface area contributed by atoms with Gasteiger partial charge in [0.25, 0.3) is 0 Å². The average Bonchev–Trinajstić information content (AvgIpc) is 2.27. The summed E-state index contributed by atoms with van der Waals surface area (Å²) in [6.45, 7) is 0.527. The molecule has 0 aromatic rings. The third-order valence-corrected chi connectivity index (χ3v) is 2.59. The first-order valence-corrected chi connectivity index (χ1v) is 5.44. The van der Waals surface area contributed by atoms with Gasteiger partial charge in [0, 0.05) is 19.8 Å². The highest BCUT2D eigenvalue weighted by Crippen LogP contribution is 2.10. The fourth-order valence-corrected chi connectivity index (χ4v) is 1.61. The Bertz CT molecular complexity index is 229. The summed E-state index contributed by atoms with van der Waals surface area (Å²) in [4.78, 5) is 11.6. The fourth-order valence-electron chi connectivity index (χ4n) is 1.61. The first-order chi connectivity index (χ1) is 7.24. The summed E-state index contributed by atoms with van der Waals surface area (Å²) in [5.41, 5.74) is 5.71. The lowest BCUT2D eigenvalue weighted by Gasteiger charge is -2.21. The summed E-state index contributed by atoms with van der Waals surface area (Å²) >= 11 is 0. The molecule has 0 aromatic heterocycles. The second-order valence-electron chi connectivity index (χ2n) is 3.88. The molecule has 1 aliphatic carbocycles. The molecule has 0 heterocycles. The first kappa shape index (κ1) is 12.2. The zero-order valence-corrected chi connectivity index (χ0v) is 9.24. The summed E-state index contributed by atoms with van der Waals surface area (Å²) in [5.74, 6) is -0.0626. The maximum absolute atomic E-state index is 11.6. The summed E-state index contributed by atoms with van der Waals surface area (Å²) < 4.78 is 4.88. The van der Waals surface area contributed by atoms with Crippen molar-refractivity contribution in [3.8, 4) is 0 Å². The highest BCUT2D eigenvalue weighted by atomic mass is 16.5. The van der Waals surface area contributed by atoms with Crippen LogP contribution in [0.5, 0.6) is 0 Å². The Labute approximate surface area is 90.9 Å². The van der Waals surface area contributed by atoms with E-state index in [1.807, 2.05) is 0 Å². The number of amides is 1. The molecule has 4 heteroatoms. The van der Waals surface area contributed by atoms with Crippen molar-refractivity contribution >= 4 is 5.91 Å². The molecule has 2 unspecified atom stereocenters. The Kier molecular flexibility index (Phi) is 5.36. The Hall–Kier alpha value is -0.870. The zero-order valence-electron chi connectivity index (χ0n) is 9.24. The standard InChI is InChI=1S/C11H20N2O2/c1-15-8-7-10(12)11(14)13-9-5-3-2-4-6-9/h2-3,9-10H,4-8,12H2,1H3,(H,13,14). The predicted molar refractivity (Wildman–Crippen MR) is 59.4 cm³/mol. The smallest absolute Gasteiger partial charge is 0.237 e. The van der Waals surface area contributed by atoms with Crippen LogP contribution in [-0.4, -0.2) is 31.7 Å². The number of nitrogens with one attached hydrogen (secondary N) is 1. The van der Waals surface area contributed by atoms with E-state index in [4.69, 9.17) is 10.5 Å². The van der Waals surface area contributed by atoms with E-state index < -0.39 is 6.04 Å². The van der Waals surface area contributed by atoms with Gasteiger partial charge in [-0.2, -0.15) is 0 Å². The van der Waals surface area contributed by atoms with Crippen molar-refractivity contribution in [1.29, 1.82) is 0 Å². The van der Waals surface area contributed by atoms with Crippen LogP contribution in [0.2, 0.25) is 0 Å². The minimum atomic E-state index is -0.448. The van der Waals surface area contributed by atoms with E-state index in [-0.39, 0.29) is 11.9 Å². The number of ether oxygens (including phenoxy) is 1. The molecule has 3 N–H and O–H groups in total. The number of carbonyl (C=O) groups is 1. The third kappa shape index (κ3) is 4.44. The van der Waals surface area contributed by atoms with Crippen molar-refractivity contribution in [2.24, 2.45) is 5.73 Å². The number of allylic oxidation sites excluding steroid dienone is 1. The maximum Gasteiger partial charge on any atom is 0.237 e. The molecule has 0 spiro atoms. The predicted octanol–water partition coefficient (Wildman–Crippen LogP) is 0.575. The van der Waals surface area contributed by atoms with Crippen LogP contribution in [-0.2, 0) is 9.53 Å². The molecule has 0 radical (unpaired) electrons. The summed E-state index contributed by atoms with van der Waals surface area (Å²) in [6.07, 6.45) is 7.80. The molecule has 0 fully saturated rings. The Morgan fingerprint density at radius 3 is 3.07 bits per heavy atom. The number of hydrogen-bond donors (Lipinski definition) is 2. The molecule has 1 amide bonds. The summed E-state index contributed by atoms with van der Waals surface area (Å²) in [7, 11) is 1.61. The monoisotopic (exact) mass is 212 g/mol. The molecule has 0 aromatic carbocycles. The number of methoxy groups -OCH3 is 1. The Morgan fingerprint density at radius 2 is 2.47 bits per heavy atom. The van der Waals surface area contributed by atoms with Gasteiger partial charge < -0.3 is 15.8 Å². The SMILES string of the molecule is COCCC(N)C(=O)NC1CC=CCC1. The van der Waals surface area contributed by atoms with Crippen molar-refractivity contribution in [2.45, 2.75) is 37.8 Å². The lowest BCUT2D eigenvalue weighted by Crippen LogP contribution is -2.46. The molecule has 4 nitrogen and oxygen atoms in total. The molecule has 1 aliphatic rings. The molecule has 0 saturated carbocycles. The van der Waals surface area contributed by atoms with Crippen LogP contribution in [0.3, 0.4) is 0 Å². The van der Waals surface area contributed by atoms with Crippen LogP contribution in [0, 0.1) is 0 Å². The molecule has 0 aliphatic heterocycles. The van der Waals surface area contributed by atoms with Crippen LogP contribution in [0.25, 0.3) is 0 Å². The van der Waals surface area contributed by atoms with E-state index >= 15 is 0 Å². The van der Waals surface area contributed by atoms with Gasteiger partial charge in [-0.15, -0.1) is 0 Å². The van der Waals surface area contributed by atoms with Gasteiger partial charge >= 0.3 is 0 Å². The quantitative estimate of drug-likeness (QED) is 0.655. The number of nitrogens with two attached hydrogens (primary N) is 1. The molecule has 2 atom stereocenters. The second-order valence-corrected chi connectivity index (χ2v) is 3.88. The van der Waals surface area contributed by atoms with Crippen molar-refractivity contribution in [3.05, 3.63) is 12.2 Å². The van der Waals surface area contributed by atoms with Crippen LogP contribution in [0.1, 0.15) is 25.7 Å². The molecule has 0 bridgehead atoms. The fraction of sp³-hybridized carbons (Fsp3) is 0.727. The molecule has 86 valence electrons. The normalized spacial score (nSPS) is 22.4. The van der Waals surface area contributed by atoms with Gasteiger partial charge in [0.2, 0.25) is 5.91 Å². The van der Waals surface area contributed by atoms with E-state index in [9.17, 15) is 4.79 Å². The van der Waals surface area contributed by atoms with Crippen LogP contribution >= 0.6 is 0 Å². The van der Waals surface area contributed by atoms with Crippen LogP contribution in [0.4, 0.5) is 0 Å². The average molecular weight is 212 g/mol. The summed E-state index contributed by atoms with van der Waals surface area (Å²) in [5, 5.41) is 2.96. The highest BCUT2D eigenvalue weighted by molar-refractivity contribution is 5.81. The van der Waals surface area contributed by atoms with Gasteiger partial charge in [0.1, 0.15) is 0 Å². The third-order valence-electron chi connectivity index (χ3n) is 2.59. The maximum atomic E-state index is 11.6. The second kappa shape index (κ2) is 6.58. The van der Waals surface area contributed by atoms with Gasteiger partial charge in [-0.05, 0) is 25.7 Å². The minimum Gasteiger partial charge on any atom is -0.385 e. The lowest BCUT2D eigenvalue weighted by molar-refractivity contribution is -0.123. The molecular formula is C11H20N2O2. The zero-order chi connectivity index (χ0) is 11.1. The van der Waals surface area contributed by atoms with Crippen LogP contribution in [0.15, 0.2) is 12.2 Å².